The van der Waals surface area contributed by atoms with Crippen LogP contribution in [0.2, 0.25) is 0 Å². The summed E-state index contributed by atoms with van der Waals surface area (Å²) in [5, 5.41) is 3.57. The van der Waals surface area contributed by atoms with E-state index < -0.39 is 59.0 Å². The number of primary amides is 1. The molecule has 170 valence electrons. The minimum absolute atomic E-state index is 0.0151. The second kappa shape index (κ2) is 8.07. The van der Waals surface area contributed by atoms with Crippen molar-refractivity contribution in [2.45, 2.75) is 34.0 Å². The fraction of sp³-hybridized carbons (Fsp3) is 0.353. The third kappa shape index (κ3) is 3.92. The van der Waals surface area contributed by atoms with Gasteiger partial charge < -0.3 is 11.1 Å². The van der Waals surface area contributed by atoms with E-state index in [1.165, 1.54) is 29.6 Å². The summed E-state index contributed by atoms with van der Waals surface area (Å²) in [6.07, 6.45) is -0.503. The largest absolute Gasteiger partial charge is 0.501 e. The van der Waals surface area contributed by atoms with Crippen LogP contribution < -0.4 is 11.1 Å². The van der Waals surface area contributed by atoms with E-state index in [4.69, 9.17) is 5.73 Å². The lowest BCUT2D eigenvalue weighted by atomic mass is 10.1. The summed E-state index contributed by atoms with van der Waals surface area (Å²) in [7, 11) is -10.9. The van der Waals surface area contributed by atoms with Crippen LogP contribution in [0, 0.1) is 0 Å². The molecule has 1 aromatic heterocycles. The van der Waals surface area contributed by atoms with Gasteiger partial charge in [-0.3, -0.25) is 4.79 Å². The van der Waals surface area contributed by atoms with Crippen LogP contribution in [0.5, 0.6) is 0 Å². The zero-order valence-electron chi connectivity index (χ0n) is 15.8. The Labute approximate surface area is 180 Å². The highest BCUT2D eigenvalue weighted by Gasteiger charge is 2.65. The van der Waals surface area contributed by atoms with Crippen molar-refractivity contribution in [3.63, 3.8) is 0 Å². The minimum atomic E-state index is -6.09. The van der Waals surface area contributed by atoms with Gasteiger partial charge in [-0.15, -0.1) is 11.3 Å². The molecule has 1 aliphatic rings. The molecule has 2 heterocycles. The van der Waals surface area contributed by atoms with Gasteiger partial charge in [0.25, 0.3) is 25.8 Å². The first-order chi connectivity index (χ1) is 14.3. The average Bonchev–Trinajstić information content (AvgIpc) is 3.19. The number of hydrogen-bond donors (Lipinski definition) is 2. The number of halogens is 3. The van der Waals surface area contributed by atoms with Gasteiger partial charge in [0.05, 0.1) is 5.56 Å². The highest BCUT2D eigenvalue weighted by Crippen LogP contribution is 2.45. The van der Waals surface area contributed by atoms with Crippen LogP contribution in [-0.4, -0.2) is 44.1 Å². The van der Waals surface area contributed by atoms with E-state index in [1.807, 2.05) is 0 Å². The van der Waals surface area contributed by atoms with Crippen LogP contribution in [0.4, 0.5) is 18.9 Å². The number of carbonyl (C=O) groups is 1. The number of carbonyl (C=O) groups excluding carboxylic acids is 1. The third-order valence-corrected chi connectivity index (χ3v) is 10.3. The molecular weight excluding hydrogens is 479 g/mol. The summed E-state index contributed by atoms with van der Waals surface area (Å²) in [4.78, 5) is 8.61. The summed E-state index contributed by atoms with van der Waals surface area (Å²) in [6.45, 7) is -0.506. The molecule has 0 bridgehead atoms. The van der Waals surface area contributed by atoms with Crippen molar-refractivity contribution in [3.05, 3.63) is 47.3 Å². The van der Waals surface area contributed by atoms with Crippen molar-refractivity contribution in [2.24, 2.45) is 5.73 Å². The zero-order chi connectivity index (χ0) is 23.1. The predicted octanol–water partition coefficient (Wildman–Crippen LogP) is 2.72. The van der Waals surface area contributed by atoms with Crippen molar-refractivity contribution in [3.8, 4) is 0 Å². The highest BCUT2D eigenvalue weighted by molar-refractivity contribution is 7.96. The van der Waals surface area contributed by atoms with Crippen molar-refractivity contribution in [2.75, 3.05) is 11.9 Å². The second-order valence-corrected chi connectivity index (χ2v) is 11.9. The van der Waals surface area contributed by atoms with Gasteiger partial charge in [-0.2, -0.15) is 17.5 Å². The Morgan fingerprint density at radius 3 is 2.32 bits per heavy atom. The van der Waals surface area contributed by atoms with Crippen LogP contribution in [0.15, 0.2) is 46.0 Å². The first-order valence-corrected chi connectivity index (χ1v) is 12.7. The van der Waals surface area contributed by atoms with E-state index >= 15 is 0 Å². The normalized spacial score (nSPS) is 21.0. The quantitative estimate of drug-likeness (QED) is 0.632. The van der Waals surface area contributed by atoms with Gasteiger partial charge in [-0.25, -0.2) is 16.8 Å². The van der Waals surface area contributed by atoms with E-state index in [2.05, 4.69) is 5.32 Å². The van der Waals surface area contributed by atoms with Crippen molar-refractivity contribution < 1.29 is 34.8 Å². The maximum atomic E-state index is 13.8. The van der Waals surface area contributed by atoms with E-state index in [1.54, 1.807) is 6.07 Å². The number of nitrogens with zero attached hydrogens (tertiary/aromatic N) is 1. The van der Waals surface area contributed by atoms with Gasteiger partial charge in [-0.05, 0) is 36.4 Å². The fourth-order valence-electron chi connectivity index (χ4n) is 3.42. The molecule has 1 fully saturated rings. The highest BCUT2D eigenvalue weighted by atomic mass is 32.2. The lowest BCUT2D eigenvalue weighted by molar-refractivity contribution is -0.0481. The Bertz CT molecular complexity index is 1180. The number of hydrogen-bond acceptors (Lipinski definition) is 7. The van der Waals surface area contributed by atoms with Crippen molar-refractivity contribution in [1.82, 2.24) is 4.31 Å². The second-order valence-electron chi connectivity index (χ2n) is 6.74. The van der Waals surface area contributed by atoms with E-state index in [0.29, 0.717) is 11.3 Å². The molecule has 1 saturated heterocycles. The smallest absolute Gasteiger partial charge is 0.366 e. The molecule has 3 rings (SSSR count). The Morgan fingerprint density at radius 1 is 1.10 bits per heavy atom. The number of nitrogens with one attached hydrogen (secondary N) is 1. The Morgan fingerprint density at radius 2 is 1.74 bits per heavy atom. The predicted molar refractivity (Wildman–Crippen MR) is 108 cm³/mol. The molecule has 3 N–H and O–H groups in total. The minimum Gasteiger partial charge on any atom is -0.366 e. The molecule has 1 aliphatic heterocycles. The topological polar surface area (TPSA) is 127 Å². The summed E-state index contributed by atoms with van der Waals surface area (Å²) < 4.78 is 93.4. The van der Waals surface area contributed by atoms with Gasteiger partial charge in [0.2, 0.25) is 4.99 Å². The van der Waals surface area contributed by atoms with Gasteiger partial charge in [-0.1, -0.05) is 18.2 Å². The summed E-state index contributed by atoms with van der Waals surface area (Å²) in [5.74, 6) is -1.10. The number of para-hydroxylation sites is 1. The molecule has 0 aliphatic carbocycles. The first-order valence-electron chi connectivity index (χ1n) is 8.89. The van der Waals surface area contributed by atoms with Gasteiger partial charge >= 0.3 is 5.51 Å². The van der Waals surface area contributed by atoms with E-state index in [-0.39, 0.29) is 22.8 Å². The van der Waals surface area contributed by atoms with Crippen LogP contribution in [0.25, 0.3) is 0 Å². The van der Waals surface area contributed by atoms with Crippen molar-refractivity contribution in [1.29, 1.82) is 0 Å². The number of benzene rings is 1. The maximum absolute atomic E-state index is 13.8. The lowest BCUT2D eigenvalue weighted by Gasteiger charge is -2.45. The Kier molecular flexibility index (Phi) is 6.12. The van der Waals surface area contributed by atoms with Crippen LogP contribution in [0.3, 0.4) is 0 Å². The molecule has 1 amide bonds. The van der Waals surface area contributed by atoms with E-state index in [9.17, 15) is 34.8 Å². The first kappa shape index (κ1) is 23.5. The number of thiophene rings is 1. The monoisotopic (exact) mass is 497 g/mol. The zero-order valence-corrected chi connectivity index (χ0v) is 18.2. The number of nitrogens with two attached hydrogens (primary N) is 1. The third-order valence-electron chi connectivity index (χ3n) is 4.81. The molecule has 0 saturated carbocycles. The molecule has 0 spiro atoms. The Balaban J connectivity index is 2.27. The standard InChI is InChI=1S/C17H18F3N3O5S3/c18-17(19,20)31(27,28)16(22-12-6-2-1-3-7-12)9-4-5-10-23(16)30(25,26)15-13(14(21)24)8-11-29-15/h1-3,6-8,11,22H,4-5,9-10H2,(H2,21,24). The van der Waals surface area contributed by atoms with Gasteiger partial charge in [0, 0.05) is 18.7 Å². The van der Waals surface area contributed by atoms with E-state index in [0.717, 1.165) is 6.07 Å². The van der Waals surface area contributed by atoms with Crippen molar-refractivity contribution >= 4 is 42.8 Å². The summed E-state index contributed by atoms with van der Waals surface area (Å²) >= 11 is 0.569. The maximum Gasteiger partial charge on any atom is 0.501 e. The fourth-order valence-corrected chi connectivity index (χ4v) is 8.50. The van der Waals surface area contributed by atoms with Gasteiger partial charge in [0.15, 0.2) is 0 Å². The molecule has 1 aromatic carbocycles. The van der Waals surface area contributed by atoms with Crippen LogP contribution >= 0.6 is 11.3 Å². The van der Waals surface area contributed by atoms with Crippen LogP contribution in [-0.2, 0) is 19.9 Å². The number of piperidine rings is 1. The number of rotatable bonds is 6. The average molecular weight is 498 g/mol. The molecule has 8 nitrogen and oxygen atoms in total. The molecule has 14 heteroatoms. The summed E-state index contributed by atoms with van der Waals surface area (Å²) in [6, 6.07) is 8.26. The molecule has 2 aromatic rings. The number of amides is 1. The molecule has 0 radical (unpaired) electrons. The molecule has 1 atom stereocenters. The number of sulfonamides is 1. The number of alkyl halides is 3. The SMILES string of the molecule is NC(=O)c1ccsc1S(=O)(=O)N1CCCCC1(Nc1ccccc1)S(=O)(=O)C(F)(F)F. The molecule has 1 unspecified atom stereocenters. The number of sulfone groups is 1. The molecular formula is C17H18F3N3O5S3. The van der Waals surface area contributed by atoms with Crippen LogP contribution in [0.1, 0.15) is 29.6 Å². The van der Waals surface area contributed by atoms with Gasteiger partial charge in [0.1, 0.15) is 4.21 Å². The molecule has 31 heavy (non-hydrogen) atoms. The lowest BCUT2D eigenvalue weighted by Crippen LogP contribution is -2.66. The Hall–Kier alpha value is -2.16. The summed E-state index contributed by atoms with van der Waals surface area (Å²) in [5.41, 5.74) is -0.983. The number of anilines is 1.